The summed E-state index contributed by atoms with van der Waals surface area (Å²) in [5, 5.41) is 11.9. The molecule has 0 heterocycles. The number of amides is 1. The molecule has 0 bridgehead atoms. The predicted molar refractivity (Wildman–Crippen MR) is 90.8 cm³/mol. The van der Waals surface area contributed by atoms with E-state index in [1.54, 1.807) is 23.9 Å². The Morgan fingerprint density at radius 2 is 1.70 bits per heavy atom. The summed E-state index contributed by atoms with van der Waals surface area (Å²) in [5.41, 5.74) is 2.01. The summed E-state index contributed by atoms with van der Waals surface area (Å²) < 4.78 is 12.8. The van der Waals surface area contributed by atoms with Gasteiger partial charge in [-0.15, -0.1) is 11.8 Å². The zero-order chi connectivity index (χ0) is 16.5. The van der Waals surface area contributed by atoms with E-state index in [1.807, 2.05) is 24.3 Å². The van der Waals surface area contributed by atoms with Crippen LogP contribution in [-0.2, 0) is 17.8 Å². The second-order valence-electron chi connectivity index (χ2n) is 5.13. The van der Waals surface area contributed by atoms with Crippen molar-refractivity contribution in [2.45, 2.75) is 24.3 Å². The summed E-state index contributed by atoms with van der Waals surface area (Å²) in [4.78, 5) is 12.7. The van der Waals surface area contributed by atoms with E-state index in [9.17, 15) is 9.18 Å². The van der Waals surface area contributed by atoms with E-state index in [1.165, 1.54) is 12.1 Å². The number of aliphatic hydroxyl groups excluding tert-OH is 1. The second-order valence-corrected chi connectivity index (χ2v) is 6.30. The van der Waals surface area contributed by atoms with E-state index in [0.717, 1.165) is 22.4 Å². The zero-order valence-corrected chi connectivity index (χ0v) is 13.6. The van der Waals surface area contributed by atoms with Crippen molar-refractivity contribution in [1.29, 1.82) is 0 Å². The fraction of sp³-hybridized carbons (Fsp3) is 0.278. The molecule has 122 valence electrons. The minimum atomic E-state index is -0.251. The summed E-state index contributed by atoms with van der Waals surface area (Å²) in [5.74, 6) is 0.438. The Morgan fingerprint density at radius 1 is 1.04 bits per heavy atom. The van der Waals surface area contributed by atoms with Gasteiger partial charge in [-0.1, -0.05) is 24.3 Å². The highest BCUT2D eigenvalue weighted by atomic mass is 32.2. The van der Waals surface area contributed by atoms with Gasteiger partial charge in [0.25, 0.3) is 0 Å². The van der Waals surface area contributed by atoms with E-state index >= 15 is 0 Å². The third kappa shape index (κ3) is 6.42. The van der Waals surface area contributed by atoms with Crippen molar-refractivity contribution in [2.24, 2.45) is 0 Å². The van der Waals surface area contributed by atoms with Crippen LogP contribution in [-0.4, -0.2) is 23.3 Å². The Hall–Kier alpha value is -1.85. The van der Waals surface area contributed by atoms with Gasteiger partial charge in [-0.3, -0.25) is 4.79 Å². The predicted octanol–water partition coefficient (Wildman–Crippen LogP) is 3.16. The first-order valence-electron chi connectivity index (χ1n) is 7.51. The molecule has 5 heteroatoms. The molecule has 0 radical (unpaired) electrons. The Labute approximate surface area is 139 Å². The van der Waals surface area contributed by atoms with Crippen molar-refractivity contribution in [3.05, 3.63) is 65.5 Å². The van der Waals surface area contributed by atoms with Gasteiger partial charge in [0.05, 0.1) is 6.61 Å². The molecule has 0 spiro atoms. The molecule has 2 rings (SSSR count). The number of rotatable bonds is 8. The van der Waals surface area contributed by atoms with E-state index in [0.29, 0.717) is 18.7 Å². The number of nitrogens with one attached hydrogen (secondary N) is 1. The molecule has 1 amide bonds. The van der Waals surface area contributed by atoms with Crippen LogP contribution in [0.2, 0.25) is 0 Å². The number of hydrogen-bond acceptors (Lipinski definition) is 3. The van der Waals surface area contributed by atoms with Crippen molar-refractivity contribution in [3.63, 3.8) is 0 Å². The molecule has 0 aliphatic rings. The standard InChI is InChI=1S/C18H20FNO2S/c19-16-5-7-17(8-6-16)23-12-10-18(22)20-11-9-14-1-3-15(13-21)4-2-14/h1-8,21H,9-13H2,(H,20,22). The fourth-order valence-electron chi connectivity index (χ4n) is 2.04. The van der Waals surface area contributed by atoms with Crippen LogP contribution in [0.3, 0.4) is 0 Å². The van der Waals surface area contributed by atoms with Crippen LogP contribution in [0.25, 0.3) is 0 Å². The normalized spacial score (nSPS) is 10.5. The summed E-state index contributed by atoms with van der Waals surface area (Å²) in [6.45, 7) is 0.640. The highest BCUT2D eigenvalue weighted by molar-refractivity contribution is 7.99. The molecule has 0 saturated heterocycles. The van der Waals surface area contributed by atoms with Gasteiger partial charge in [-0.05, 0) is 41.8 Å². The Morgan fingerprint density at radius 3 is 2.35 bits per heavy atom. The zero-order valence-electron chi connectivity index (χ0n) is 12.8. The van der Waals surface area contributed by atoms with Crippen molar-refractivity contribution >= 4 is 17.7 Å². The van der Waals surface area contributed by atoms with Gasteiger partial charge in [-0.25, -0.2) is 4.39 Å². The summed E-state index contributed by atoms with van der Waals surface area (Å²) in [7, 11) is 0. The van der Waals surface area contributed by atoms with Crippen LogP contribution in [0.1, 0.15) is 17.5 Å². The molecule has 0 aromatic heterocycles. The third-order valence-corrected chi connectivity index (χ3v) is 4.37. The highest BCUT2D eigenvalue weighted by Gasteiger charge is 2.02. The Balaban J connectivity index is 1.62. The number of thioether (sulfide) groups is 1. The van der Waals surface area contributed by atoms with Gasteiger partial charge in [0.2, 0.25) is 5.91 Å². The molecule has 0 fully saturated rings. The van der Waals surface area contributed by atoms with E-state index in [4.69, 9.17) is 5.11 Å². The first-order chi connectivity index (χ1) is 11.2. The first-order valence-corrected chi connectivity index (χ1v) is 8.49. The van der Waals surface area contributed by atoms with Gasteiger partial charge < -0.3 is 10.4 Å². The molecular weight excluding hydrogens is 313 g/mol. The molecule has 2 aromatic rings. The SMILES string of the molecule is O=C(CCSc1ccc(F)cc1)NCCc1ccc(CO)cc1. The maximum absolute atomic E-state index is 12.8. The Bertz CT molecular complexity index is 614. The molecule has 23 heavy (non-hydrogen) atoms. The molecule has 0 aliphatic carbocycles. The number of benzene rings is 2. The van der Waals surface area contributed by atoms with Crippen LogP contribution in [0.15, 0.2) is 53.4 Å². The van der Waals surface area contributed by atoms with E-state index in [-0.39, 0.29) is 18.3 Å². The quantitative estimate of drug-likeness (QED) is 0.730. The maximum Gasteiger partial charge on any atom is 0.220 e. The van der Waals surface area contributed by atoms with Gasteiger partial charge in [0.15, 0.2) is 0 Å². The molecule has 2 aromatic carbocycles. The van der Waals surface area contributed by atoms with E-state index < -0.39 is 0 Å². The average molecular weight is 333 g/mol. The molecule has 0 saturated carbocycles. The average Bonchev–Trinajstić information content (AvgIpc) is 2.57. The molecular formula is C18H20FNO2S. The van der Waals surface area contributed by atoms with Crippen LogP contribution in [0, 0.1) is 5.82 Å². The maximum atomic E-state index is 12.8. The summed E-state index contributed by atoms with van der Waals surface area (Å²) in [6, 6.07) is 14.0. The minimum Gasteiger partial charge on any atom is -0.392 e. The monoisotopic (exact) mass is 333 g/mol. The van der Waals surface area contributed by atoms with Crippen LogP contribution < -0.4 is 5.32 Å². The lowest BCUT2D eigenvalue weighted by Crippen LogP contribution is -2.25. The first kappa shape index (κ1) is 17.5. The van der Waals surface area contributed by atoms with E-state index in [2.05, 4.69) is 5.32 Å². The number of carbonyl (C=O) groups is 1. The minimum absolute atomic E-state index is 0.0200. The van der Waals surface area contributed by atoms with Crippen molar-refractivity contribution < 1.29 is 14.3 Å². The fourth-order valence-corrected chi connectivity index (χ4v) is 2.89. The van der Waals surface area contributed by atoms with Gasteiger partial charge >= 0.3 is 0 Å². The smallest absolute Gasteiger partial charge is 0.220 e. The lowest BCUT2D eigenvalue weighted by Gasteiger charge is -2.06. The summed E-state index contributed by atoms with van der Waals surface area (Å²) >= 11 is 1.54. The number of aliphatic hydroxyl groups is 1. The van der Waals surface area contributed by atoms with Crippen molar-refractivity contribution in [1.82, 2.24) is 5.32 Å². The number of hydrogen-bond donors (Lipinski definition) is 2. The number of halogens is 1. The van der Waals surface area contributed by atoms with Crippen molar-refractivity contribution in [3.8, 4) is 0 Å². The third-order valence-electron chi connectivity index (χ3n) is 3.35. The Kier molecular flexibility index (Phi) is 7.10. The lowest BCUT2D eigenvalue weighted by molar-refractivity contribution is -0.120. The molecule has 0 atom stereocenters. The molecule has 0 unspecified atom stereocenters. The van der Waals surface area contributed by atoms with Gasteiger partial charge in [0.1, 0.15) is 5.82 Å². The lowest BCUT2D eigenvalue weighted by atomic mass is 10.1. The van der Waals surface area contributed by atoms with Crippen LogP contribution >= 0.6 is 11.8 Å². The number of carbonyl (C=O) groups excluding carboxylic acids is 1. The van der Waals surface area contributed by atoms with Crippen LogP contribution in [0.4, 0.5) is 4.39 Å². The van der Waals surface area contributed by atoms with Gasteiger partial charge in [-0.2, -0.15) is 0 Å². The molecule has 0 aliphatic heterocycles. The second kappa shape index (κ2) is 9.33. The molecule has 3 nitrogen and oxygen atoms in total. The van der Waals surface area contributed by atoms with Crippen molar-refractivity contribution in [2.75, 3.05) is 12.3 Å². The highest BCUT2D eigenvalue weighted by Crippen LogP contribution is 2.18. The largest absolute Gasteiger partial charge is 0.392 e. The van der Waals surface area contributed by atoms with Crippen LogP contribution in [0.5, 0.6) is 0 Å². The molecule has 2 N–H and O–H groups in total. The van der Waals surface area contributed by atoms with Gasteiger partial charge in [0, 0.05) is 23.6 Å². The summed E-state index contributed by atoms with van der Waals surface area (Å²) in [6.07, 6.45) is 1.20. The topological polar surface area (TPSA) is 49.3 Å².